The molecule has 2 unspecified atom stereocenters. The lowest BCUT2D eigenvalue weighted by Crippen LogP contribution is -2.55. The summed E-state index contributed by atoms with van der Waals surface area (Å²) in [7, 11) is 0. The van der Waals surface area contributed by atoms with Crippen molar-refractivity contribution >= 4 is 11.6 Å². The predicted molar refractivity (Wildman–Crippen MR) is 81.8 cm³/mol. The topological polar surface area (TPSA) is 58.3 Å². The molecule has 0 bridgehead atoms. The largest absolute Gasteiger partial charge is 0.384 e. The fourth-order valence-corrected chi connectivity index (χ4v) is 3.49. The molecule has 5 heteroatoms. The molecule has 3 rings (SSSR count). The highest BCUT2D eigenvalue weighted by Crippen LogP contribution is 2.28. The van der Waals surface area contributed by atoms with E-state index in [1.165, 1.54) is 19.4 Å². The van der Waals surface area contributed by atoms with Gasteiger partial charge in [0.1, 0.15) is 17.5 Å². The minimum absolute atomic E-state index is 0.494. The molecule has 20 heavy (non-hydrogen) atoms. The summed E-state index contributed by atoms with van der Waals surface area (Å²) in [5, 5.41) is 0. The van der Waals surface area contributed by atoms with Gasteiger partial charge in [0.2, 0.25) is 0 Å². The van der Waals surface area contributed by atoms with Gasteiger partial charge in [-0.25, -0.2) is 9.97 Å². The quantitative estimate of drug-likeness (QED) is 0.909. The number of rotatable bonds is 3. The Kier molecular flexibility index (Phi) is 3.78. The number of nitrogens with two attached hydrogens (primary N) is 1. The first-order valence-electron chi connectivity index (χ1n) is 7.81. The summed E-state index contributed by atoms with van der Waals surface area (Å²) >= 11 is 0. The summed E-state index contributed by atoms with van der Waals surface area (Å²) in [6, 6.07) is 3.12. The highest BCUT2D eigenvalue weighted by molar-refractivity contribution is 5.48. The van der Waals surface area contributed by atoms with Crippen LogP contribution in [0.2, 0.25) is 0 Å². The monoisotopic (exact) mass is 275 g/mol. The van der Waals surface area contributed by atoms with Gasteiger partial charge in [-0.2, -0.15) is 0 Å². The molecule has 0 aliphatic carbocycles. The number of nitrogens with zero attached hydrogens (tertiary/aromatic N) is 4. The summed E-state index contributed by atoms with van der Waals surface area (Å²) in [4.78, 5) is 14.1. The van der Waals surface area contributed by atoms with Crippen LogP contribution in [0.4, 0.5) is 11.6 Å². The Balaban J connectivity index is 1.84. The summed E-state index contributed by atoms with van der Waals surface area (Å²) in [5.74, 6) is 2.49. The van der Waals surface area contributed by atoms with Crippen LogP contribution >= 0.6 is 0 Å². The third-order valence-corrected chi connectivity index (χ3v) is 4.48. The van der Waals surface area contributed by atoms with E-state index in [1.54, 1.807) is 0 Å². The van der Waals surface area contributed by atoms with Crippen molar-refractivity contribution in [1.29, 1.82) is 0 Å². The first kappa shape index (κ1) is 13.6. The van der Waals surface area contributed by atoms with Crippen LogP contribution in [0.1, 0.15) is 38.9 Å². The lowest BCUT2D eigenvalue weighted by Gasteiger charge is -2.43. The van der Waals surface area contributed by atoms with E-state index in [9.17, 15) is 0 Å². The molecule has 0 saturated carbocycles. The fourth-order valence-electron chi connectivity index (χ4n) is 3.49. The van der Waals surface area contributed by atoms with Gasteiger partial charge in [0.25, 0.3) is 0 Å². The normalized spacial score (nSPS) is 26.8. The second-order valence-electron chi connectivity index (χ2n) is 6.11. The summed E-state index contributed by atoms with van der Waals surface area (Å²) in [6.07, 6.45) is 4.59. The van der Waals surface area contributed by atoms with Crippen LogP contribution in [0.5, 0.6) is 0 Å². The second-order valence-corrected chi connectivity index (χ2v) is 6.11. The number of hydrogen-bond donors (Lipinski definition) is 1. The number of fused-ring (bicyclic) bond motifs is 1. The molecule has 1 aromatic rings. The first-order chi connectivity index (χ1) is 9.67. The van der Waals surface area contributed by atoms with Gasteiger partial charge in [-0.15, -0.1) is 0 Å². The number of nitrogen functional groups attached to an aromatic ring is 1. The molecule has 2 aliphatic heterocycles. The maximum absolute atomic E-state index is 5.96. The second kappa shape index (κ2) is 5.56. The zero-order chi connectivity index (χ0) is 14.1. The smallest absolute Gasteiger partial charge is 0.134 e. The van der Waals surface area contributed by atoms with Gasteiger partial charge in [0.15, 0.2) is 0 Å². The van der Waals surface area contributed by atoms with Crippen molar-refractivity contribution in [3.63, 3.8) is 0 Å². The zero-order valence-electron chi connectivity index (χ0n) is 12.5. The Morgan fingerprint density at radius 2 is 2.20 bits per heavy atom. The van der Waals surface area contributed by atoms with E-state index in [0.717, 1.165) is 37.6 Å². The molecule has 0 spiro atoms. The van der Waals surface area contributed by atoms with E-state index in [2.05, 4.69) is 28.6 Å². The van der Waals surface area contributed by atoms with Crippen molar-refractivity contribution in [3.8, 4) is 0 Å². The third-order valence-electron chi connectivity index (χ3n) is 4.48. The van der Waals surface area contributed by atoms with Crippen molar-refractivity contribution < 1.29 is 0 Å². The molecule has 2 saturated heterocycles. The number of hydrogen-bond acceptors (Lipinski definition) is 5. The van der Waals surface area contributed by atoms with Crippen LogP contribution in [-0.4, -0.2) is 46.6 Å². The SMILES string of the molecule is CCCc1nc(N)cc(N2CC3CCCN3CC2C)n1. The minimum Gasteiger partial charge on any atom is -0.384 e. The number of anilines is 2. The van der Waals surface area contributed by atoms with Gasteiger partial charge in [0.05, 0.1) is 0 Å². The molecule has 110 valence electrons. The van der Waals surface area contributed by atoms with Crippen LogP contribution < -0.4 is 10.6 Å². The summed E-state index contributed by atoms with van der Waals surface area (Å²) in [6.45, 7) is 7.90. The van der Waals surface area contributed by atoms with E-state index in [-0.39, 0.29) is 0 Å². The molecule has 2 atom stereocenters. The van der Waals surface area contributed by atoms with Crippen LogP contribution in [0, 0.1) is 0 Å². The molecule has 2 aliphatic rings. The van der Waals surface area contributed by atoms with Crippen molar-refractivity contribution in [2.24, 2.45) is 0 Å². The van der Waals surface area contributed by atoms with Gasteiger partial charge in [-0.1, -0.05) is 6.92 Å². The van der Waals surface area contributed by atoms with Crippen LogP contribution in [0.3, 0.4) is 0 Å². The maximum atomic E-state index is 5.96. The molecule has 0 radical (unpaired) electrons. The molecular weight excluding hydrogens is 250 g/mol. The van der Waals surface area contributed by atoms with Crippen molar-refractivity contribution in [1.82, 2.24) is 14.9 Å². The average Bonchev–Trinajstić information content (AvgIpc) is 2.84. The average molecular weight is 275 g/mol. The lowest BCUT2D eigenvalue weighted by atomic mass is 10.1. The van der Waals surface area contributed by atoms with Crippen molar-refractivity contribution in [2.45, 2.75) is 51.6 Å². The number of aryl methyl sites for hydroxylation is 1. The molecule has 5 nitrogen and oxygen atoms in total. The number of piperazine rings is 1. The molecule has 0 amide bonds. The zero-order valence-corrected chi connectivity index (χ0v) is 12.5. The Morgan fingerprint density at radius 1 is 1.35 bits per heavy atom. The Hall–Kier alpha value is -1.36. The molecule has 0 aromatic carbocycles. The first-order valence-corrected chi connectivity index (χ1v) is 7.81. The van der Waals surface area contributed by atoms with Crippen LogP contribution in [0.25, 0.3) is 0 Å². The van der Waals surface area contributed by atoms with E-state index in [4.69, 9.17) is 10.7 Å². The van der Waals surface area contributed by atoms with E-state index in [0.29, 0.717) is 17.9 Å². The van der Waals surface area contributed by atoms with Gasteiger partial charge < -0.3 is 10.6 Å². The standard InChI is InChI=1S/C15H25N5/c1-3-5-14-17-13(16)8-15(18-14)20-10-12-6-4-7-19(12)9-11(20)2/h8,11-12H,3-7,9-10H2,1-2H3,(H2,16,17,18). The summed E-state index contributed by atoms with van der Waals surface area (Å²) < 4.78 is 0. The van der Waals surface area contributed by atoms with E-state index < -0.39 is 0 Å². The van der Waals surface area contributed by atoms with E-state index >= 15 is 0 Å². The lowest BCUT2D eigenvalue weighted by molar-refractivity contribution is 0.202. The summed E-state index contributed by atoms with van der Waals surface area (Å²) in [5.41, 5.74) is 5.96. The van der Waals surface area contributed by atoms with Gasteiger partial charge >= 0.3 is 0 Å². The van der Waals surface area contributed by atoms with Gasteiger partial charge in [0, 0.05) is 37.7 Å². The predicted octanol–water partition coefficient (Wildman–Crippen LogP) is 1.68. The maximum Gasteiger partial charge on any atom is 0.134 e. The molecule has 2 fully saturated rings. The Morgan fingerprint density at radius 3 is 3.00 bits per heavy atom. The fraction of sp³-hybridized carbons (Fsp3) is 0.733. The third kappa shape index (κ3) is 2.59. The molecule has 3 heterocycles. The Bertz CT molecular complexity index is 475. The van der Waals surface area contributed by atoms with Crippen LogP contribution in [0.15, 0.2) is 6.07 Å². The highest BCUT2D eigenvalue weighted by Gasteiger charge is 2.35. The highest BCUT2D eigenvalue weighted by atomic mass is 15.3. The number of aromatic nitrogens is 2. The van der Waals surface area contributed by atoms with Crippen molar-refractivity contribution in [2.75, 3.05) is 30.3 Å². The molecular formula is C15H25N5. The van der Waals surface area contributed by atoms with Crippen molar-refractivity contribution in [3.05, 3.63) is 11.9 Å². The van der Waals surface area contributed by atoms with E-state index in [1.807, 2.05) is 6.07 Å². The Labute approximate surface area is 121 Å². The van der Waals surface area contributed by atoms with Gasteiger partial charge in [-0.3, -0.25) is 4.90 Å². The molecule has 1 aromatic heterocycles. The van der Waals surface area contributed by atoms with Crippen LogP contribution in [-0.2, 0) is 6.42 Å². The molecule has 2 N–H and O–H groups in total. The van der Waals surface area contributed by atoms with Gasteiger partial charge in [-0.05, 0) is 32.7 Å². The minimum atomic E-state index is 0.494.